The third-order valence-corrected chi connectivity index (χ3v) is 5.53. The standard InChI is InChI=1S/C22H23N3O3/c1-15(26)16-6-8-17(9-7-16)24-10-12-25(13-11-24)22(28)19-14-21(27)23-20-5-3-2-4-18(19)20/h2-9,19H,10-14H2,1H3,(H,23,27). The molecular weight excluding hydrogens is 354 g/mol. The largest absolute Gasteiger partial charge is 0.368 e. The molecule has 0 bridgehead atoms. The Balaban J connectivity index is 1.43. The number of para-hydroxylation sites is 1. The minimum atomic E-state index is -0.411. The van der Waals surface area contributed by atoms with Gasteiger partial charge in [-0.1, -0.05) is 18.2 Å². The molecule has 2 heterocycles. The fraction of sp³-hybridized carbons (Fsp3) is 0.318. The van der Waals surface area contributed by atoms with Crippen LogP contribution < -0.4 is 10.2 Å². The maximum absolute atomic E-state index is 13.1. The number of piperazine rings is 1. The number of hydrogen-bond donors (Lipinski definition) is 1. The first-order valence-electron chi connectivity index (χ1n) is 9.56. The van der Waals surface area contributed by atoms with Gasteiger partial charge in [-0.25, -0.2) is 0 Å². The molecule has 1 unspecified atom stereocenters. The highest BCUT2D eigenvalue weighted by Gasteiger charge is 2.34. The summed E-state index contributed by atoms with van der Waals surface area (Å²) in [5.74, 6) is -0.444. The van der Waals surface area contributed by atoms with Gasteiger partial charge < -0.3 is 15.1 Å². The summed E-state index contributed by atoms with van der Waals surface area (Å²) in [6, 6.07) is 15.1. The summed E-state index contributed by atoms with van der Waals surface area (Å²) in [5.41, 5.74) is 3.39. The van der Waals surface area contributed by atoms with E-state index in [1.165, 1.54) is 0 Å². The Bertz CT molecular complexity index is 915. The minimum Gasteiger partial charge on any atom is -0.368 e. The monoisotopic (exact) mass is 377 g/mol. The van der Waals surface area contributed by atoms with Gasteiger partial charge in [0, 0.05) is 49.5 Å². The summed E-state index contributed by atoms with van der Waals surface area (Å²) < 4.78 is 0. The molecule has 0 saturated carbocycles. The van der Waals surface area contributed by atoms with Gasteiger partial charge in [0.15, 0.2) is 5.78 Å². The van der Waals surface area contributed by atoms with E-state index >= 15 is 0 Å². The molecular formula is C22H23N3O3. The van der Waals surface area contributed by atoms with Gasteiger partial charge in [0.2, 0.25) is 11.8 Å². The molecule has 6 heteroatoms. The fourth-order valence-electron chi connectivity index (χ4n) is 3.94. The Morgan fingerprint density at radius 1 is 0.964 bits per heavy atom. The Kier molecular flexibility index (Phi) is 4.86. The quantitative estimate of drug-likeness (QED) is 0.835. The summed E-state index contributed by atoms with van der Waals surface area (Å²) in [4.78, 5) is 40.6. The van der Waals surface area contributed by atoms with Crippen LogP contribution >= 0.6 is 0 Å². The number of amides is 2. The number of rotatable bonds is 3. The zero-order valence-electron chi connectivity index (χ0n) is 15.9. The number of ketones is 1. The highest BCUT2D eigenvalue weighted by Crippen LogP contribution is 2.33. The van der Waals surface area contributed by atoms with Crippen molar-refractivity contribution in [3.8, 4) is 0 Å². The van der Waals surface area contributed by atoms with Crippen LogP contribution in [0, 0.1) is 0 Å². The number of carbonyl (C=O) groups is 3. The lowest BCUT2D eigenvalue weighted by atomic mass is 9.89. The van der Waals surface area contributed by atoms with Gasteiger partial charge in [-0.15, -0.1) is 0 Å². The highest BCUT2D eigenvalue weighted by atomic mass is 16.2. The molecule has 2 aliphatic heterocycles. The lowest BCUT2D eigenvalue weighted by molar-refractivity contribution is -0.135. The van der Waals surface area contributed by atoms with E-state index in [0.717, 1.165) is 30.0 Å². The summed E-state index contributed by atoms with van der Waals surface area (Å²) in [5, 5.41) is 2.85. The molecule has 2 amide bonds. The average molecular weight is 377 g/mol. The molecule has 28 heavy (non-hydrogen) atoms. The molecule has 0 aliphatic carbocycles. The maximum atomic E-state index is 13.1. The van der Waals surface area contributed by atoms with E-state index in [1.54, 1.807) is 6.92 Å². The number of Topliss-reactive ketones (excluding diaryl/α,β-unsaturated/α-hetero) is 1. The van der Waals surface area contributed by atoms with Crippen molar-refractivity contribution in [3.63, 3.8) is 0 Å². The third kappa shape index (κ3) is 3.50. The second-order valence-electron chi connectivity index (χ2n) is 7.31. The first-order chi connectivity index (χ1) is 13.5. The van der Waals surface area contributed by atoms with Crippen molar-refractivity contribution in [3.05, 3.63) is 59.7 Å². The van der Waals surface area contributed by atoms with Crippen molar-refractivity contribution in [1.29, 1.82) is 0 Å². The topological polar surface area (TPSA) is 69.7 Å². The number of anilines is 2. The van der Waals surface area contributed by atoms with Crippen molar-refractivity contribution in [2.75, 3.05) is 36.4 Å². The minimum absolute atomic E-state index is 0.0221. The van der Waals surface area contributed by atoms with E-state index in [4.69, 9.17) is 0 Å². The van der Waals surface area contributed by atoms with Gasteiger partial charge in [-0.05, 0) is 42.8 Å². The number of carbonyl (C=O) groups excluding carboxylic acids is 3. The van der Waals surface area contributed by atoms with Crippen molar-refractivity contribution < 1.29 is 14.4 Å². The van der Waals surface area contributed by atoms with Crippen LogP contribution in [0.3, 0.4) is 0 Å². The van der Waals surface area contributed by atoms with E-state index in [1.807, 2.05) is 53.4 Å². The summed E-state index contributed by atoms with van der Waals surface area (Å²) in [6.07, 6.45) is 0.197. The van der Waals surface area contributed by atoms with Gasteiger partial charge in [-0.3, -0.25) is 14.4 Å². The van der Waals surface area contributed by atoms with Gasteiger partial charge in [0.05, 0.1) is 5.92 Å². The number of hydrogen-bond acceptors (Lipinski definition) is 4. The van der Waals surface area contributed by atoms with Gasteiger partial charge in [0.1, 0.15) is 0 Å². The molecule has 6 nitrogen and oxygen atoms in total. The molecule has 0 spiro atoms. The van der Waals surface area contributed by atoms with E-state index < -0.39 is 5.92 Å². The molecule has 144 valence electrons. The second kappa shape index (κ2) is 7.46. The van der Waals surface area contributed by atoms with Crippen molar-refractivity contribution >= 4 is 29.0 Å². The van der Waals surface area contributed by atoms with E-state index in [-0.39, 0.29) is 24.0 Å². The molecule has 2 aromatic rings. The Morgan fingerprint density at radius 3 is 2.32 bits per heavy atom. The molecule has 0 aromatic heterocycles. The highest BCUT2D eigenvalue weighted by molar-refractivity contribution is 6.01. The zero-order valence-corrected chi connectivity index (χ0v) is 15.9. The summed E-state index contributed by atoms with van der Waals surface area (Å²) in [7, 11) is 0. The number of nitrogens with one attached hydrogen (secondary N) is 1. The number of nitrogens with zero attached hydrogens (tertiary/aromatic N) is 2. The number of fused-ring (bicyclic) bond motifs is 1. The smallest absolute Gasteiger partial charge is 0.230 e. The van der Waals surface area contributed by atoms with E-state index in [0.29, 0.717) is 18.7 Å². The Labute approximate surface area is 164 Å². The van der Waals surface area contributed by atoms with Crippen LogP contribution in [-0.2, 0) is 9.59 Å². The number of benzene rings is 2. The lowest BCUT2D eigenvalue weighted by Gasteiger charge is -2.38. The summed E-state index contributed by atoms with van der Waals surface area (Å²) in [6.45, 7) is 4.25. The predicted octanol–water partition coefficient (Wildman–Crippen LogP) is 2.66. The second-order valence-corrected chi connectivity index (χ2v) is 7.31. The van der Waals surface area contributed by atoms with Crippen molar-refractivity contribution in [2.45, 2.75) is 19.3 Å². The van der Waals surface area contributed by atoms with Gasteiger partial charge >= 0.3 is 0 Å². The molecule has 2 aromatic carbocycles. The van der Waals surface area contributed by atoms with Gasteiger partial charge in [-0.2, -0.15) is 0 Å². The molecule has 4 rings (SSSR count). The predicted molar refractivity (Wildman–Crippen MR) is 108 cm³/mol. The van der Waals surface area contributed by atoms with Crippen LogP contribution in [0.1, 0.15) is 35.2 Å². The SMILES string of the molecule is CC(=O)c1ccc(N2CCN(C(=O)C3CC(=O)Nc4ccccc43)CC2)cc1. The Morgan fingerprint density at radius 2 is 1.64 bits per heavy atom. The van der Waals surface area contributed by atoms with Crippen LogP contribution in [-0.4, -0.2) is 48.7 Å². The van der Waals surface area contributed by atoms with Crippen LogP contribution in [0.25, 0.3) is 0 Å². The average Bonchev–Trinajstić information content (AvgIpc) is 2.73. The normalized spacial score (nSPS) is 19.0. The molecule has 1 N–H and O–H groups in total. The third-order valence-electron chi connectivity index (χ3n) is 5.53. The van der Waals surface area contributed by atoms with Crippen LogP contribution in [0.2, 0.25) is 0 Å². The summed E-state index contributed by atoms with van der Waals surface area (Å²) >= 11 is 0. The molecule has 2 aliphatic rings. The maximum Gasteiger partial charge on any atom is 0.230 e. The van der Waals surface area contributed by atoms with Crippen molar-refractivity contribution in [2.24, 2.45) is 0 Å². The van der Waals surface area contributed by atoms with Gasteiger partial charge in [0.25, 0.3) is 0 Å². The van der Waals surface area contributed by atoms with Crippen molar-refractivity contribution in [1.82, 2.24) is 4.90 Å². The van der Waals surface area contributed by atoms with Crippen LogP contribution in [0.4, 0.5) is 11.4 Å². The molecule has 1 saturated heterocycles. The fourth-order valence-corrected chi connectivity index (χ4v) is 3.94. The molecule has 1 fully saturated rings. The lowest BCUT2D eigenvalue weighted by Crippen LogP contribution is -2.50. The first-order valence-corrected chi connectivity index (χ1v) is 9.56. The first kappa shape index (κ1) is 18.2. The van der Waals surface area contributed by atoms with E-state index in [2.05, 4.69) is 10.2 Å². The van der Waals surface area contributed by atoms with Crippen LogP contribution in [0.15, 0.2) is 48.5 Å². The molecule has 1 atom stereocenters. The van der Waals surface area contributed by atoms with E-state index in [9.17, 15) is 14.4 Å². The molecule has 0 radical (unpaired) electrons. The Hall–Kier alpha value is -3.15. The van der Waals surface area contributed by atoms with Crippen LogP contribution in [0.5, 0.6) is 0 Å². The zero-order chi connectivity index (χ0) is 19.7.